The normalized spacial score (nSPS) is 13.9. The molecule has 1 aromatic carbocycles. The fourth-order valence-corrected chi connectivity index (χ4v) is 3.32. The van der Waals surface area contributed by atoms with E-state index in [1.165, 1.54) is 11.1 Å². The second-order valence-electron chi connectivity index (χ2n) is 7.59. The quantitative estimate of drug-likeness (QED) is 0.490. The van der Waals surface area contributed by atoms with E-state index in [1.807, 2.05) is 6.92 Å². The number of aliphatic imine (C=N–C) groups is 1. The molecule has 24 heavy (non-hydrogen) atoms. The zero-order valence-corrected chi connectivity index (χ0v) is 16.8. The average molecular weight is 330 g/mol. The Kier molecular flexibility index (Phi) is 7.86. The van der Waals surface area contributed by atoms with Crippen molar-refractivity contribution in [1.29, 1.82) is 0 Å². The Morgan fingerprint density at radius 2 is 1.42 bits per heavy atom. The van der Waals surface area contributed by atoms with Crippen LogP contribution in [-0.4, -0.2) is 11.5 Å². The summed E-state index contributed by atoms with van der Waals surface area (Å²) < 4.78 is 0. The van der Waals surface area contributed by atoms with Gasteiger partial charge in [-0.05, 0) is 35.3 Å². The van der Waals surface area contributed by atoms with E-state index >= 15 is 0 Å². The summed E-state index contributed by atoms with van der Waals surface area (Å²) in [5.74, 6) is 1.35. The van der Waals surface area contributed by atoms with E-state index < -0.39 is 0 Å². The van der Waals surface area contributed by atoms with E-state index in [0.29, 0.717) is 24.0 Å². The molecule has 1 atom stereocenters. The Balaban J connectivity index is 3.56. The van der Waals surface area contributed by atoms with Gasteiger partial charge in [0, 0.05) is 12.1 Å². The van der Waals surface area contributed by atoms with Crippen molar-refractivity contribution in [2.24, 2.45) is 16.8 Å². The molecule has 1 unspecified atom stereocenters. The van der Waals surface area contributed by atoms with Gasteiger partial charge in [-0.3, -0.25) is 9.79 Å². The fourth-order valence-electron chi connectivity index (χ4n) is 3.32. The summed E-state index contributed by atoms with van der Waals surface area (Å²) in [5.41, 5.74) is 4.68. The summed E-state index contributed by atoms with van der Waals surface area (Å²) in [6.45, 7) is 17.2. The number of hydrogen-bond acceptors (Lipinski definition) is 2. The fraction of sp³-hybridized carbons (Fsp3) is 0.636. The first-order chi connectivity index (χ1) is 11.2. The SMILES string of the molecule is CCC(=O)C(C(CC)=Nc1c(C(C)C)cccc1C(C)C)C(C)C. The highest BCUT2D eigenvalue weighted by Gasteiger charge is 2.26. The van der Waals surface area contributed by atoms with Crippen molar-refractivity contribution in [3.8, 4) is 0 Å². The molecular weight excluding hydrogens is 294 g/mol. The Labute approximate surface area is 148 Å². The molecule has 0 saturated heterocycles. The number of Topliss-reactive ketones (excluding diaryl/α,β-unsaturated/α-hetero) is 1. The van der Waals surface area contributed by atoms with E-state index in [2.05, 4.69) is 66.7 Å². The van der Waals surface area contributed by atoms with Crippen LogP contribution in [0.3, 0.4) is 0 Å². The Bertz CT molecular complexity index is 555. The molecule has 0 aliphatic carbocycles. The van der Waals surface area contributed by atoms with E-state index in [-0.39, 0.29) is 11.8 Å². The lowest BCUT2D eigenvalue weighted by Crippen LogP contribution is -2.28. The monoisotopic (exact) mass is 329 g/mol. The van der Waals surface area contributed by atoms with Crippen LogP contribution in [0.5, 0.6) is 0 Å². The van der Waals surface area contributed by atoms with E-state index in [4.69, 9.17) is 4.99 Å². The molecule has 2 nitrogen and oxygen atoms in total. The summed E-state index contributed by atoms with van der Waals surface area (Å²) >= 11 is 0. The highest BCUT2D eigenvalue weighted by molar-refractivity contribution is 6.06. The van der Waals surface area contributed by atoms with E-state index in [0.717, 1.165) is 17.8 Å². The average Bonchev–Trinajstić information content (AvgIpc) is 2.52. The van der Waals surface area contributed by atoms with Crippen molar-refractivity contribution in [2.75, 3.05) is 0 Å². The maximum absolute atomic E-state index is 12.5. The van der Waals surface area contributed by atoms with Crippen LogP contribution in [0.4, 0.5) is 5.69 Å². The first kappa shape index (κ1) is 20.6. The largest absolute Gasteiger partial charge is 0.299 e. The van der Waals surface area contributed by atoms with E-state index in [9.17, 15) is 4.79 Å². The number of hydrogen-bond donors (Lipinski definition) is 0. The van der Waals surface area contributed by atoms with Gasteiger partial charge in [0.1, 0.15) is 5.78 Å². The summed E-state index contributed by atoms with van der Waals surface area (Å²) in [6, 6.07) is 6.48. The van der Waals surface area contributed by atoms with Gasteiger partial charge in [-0.2, -0.15) is 0 Å². The Morgan fingerprint density at radius 3 is 1.75 bits per heavy atom. The predicted octanol–water partition coefficient (Wildman–Crippen LogP) is 6.67. The van der Waals surface area contributed by atoms with E-state index in [1.54, 1.807) is 0 Å². The van der Waals surface area contributed by atoms with Gasteiger partial charge in [0.05, 0.1) is 11.6 Å². The third-order valence-corrected chi connectivity index (χ3v) is 4.68. The minimum absolute atomic E-state index is 0.0692. The molecule has 1 aromatic rings. The molecule has 0 radical (unpaired) electrons. The van der Waals surface area contributed by atoms with Gasteiger partial charge < -0.3 is 0 Å². The second kappa shape index (κ2) is 9.15. The van der Waals surface area contributed by atoms with Gasteiger partial charge in [0.2, 0.25) is 0 Å². The maximum Gasteiger partial charge on any atom is 0.141 e. The van der Waals surface area contributed by atoms with Crippen LogP contribution in [0.1, 0.15) is 91.2 Å². The van der Waals surface area contributed by atoms with Crippen LogP contribution in [0.25, 0.3) is 0 Å². The van der Waals surface area contributed by atoms with Crippen molar-refractivity contribution in [1.82, 2.24) is 0 Å². The van der Waals surface area contributed by atoms with Crippen molar-refractivity contribution >= 4 is 17.2 Å². The molecule has 134 valence electrons. The minimum Gasteiger partial charge on any atom is -0.299 e. The van der Waals surface area contributed by atoms with Crippen molar-refractivity contribution in [3.63, 3.8) is 0 Å². The summed E-state index contributed by atoms with van der Waals surface area (Å²) in [7, 11) is 0. The van der Waals surface area contributed by atoms with Crippen molar-refractivity contribution in [2.45, 2.75) is 80.1 Å². The van der Waals surface area contributed by atoms with Crippen LogP contribution < -0.4 is 0 Å². The smallest absolute Gasteiger partial charge is 0.141 e. The number of carbonyl (C=O) groups is 1. The predicted molar refractivity (Wildman–Crippen MR) is 106 cm³/mol. The molecule has 0 aromatic heterocycles. The topological polar surface area (TPSA) is 29.4 Å². The van der Waals surface area contributed by atoms with Gasteiger partial charge in [-0.1, -0.05) is 73.6 Å². The third kappa shape index (κ3) is 4.78. The number of benzene rings is 1. The van der Waals surface area contributed by atoms with Gasteiger partial charge in [0.25, 0.3) is 0 Å². The summed E-state index contributed by atoms with van der Waals surface area (Å²) in [4.78, 5) is 17.6. The Morgan fingerprint density at radius 1 is 0.917 bits per heavy atom. The molecule has 1 rings (SSSR count). The van der Waals surface area contributed by atoms with Gasteiger partial charge >= 0.3 is 0 Å². The standard InChI is InChI=1S/C22H35NO/c1-9-19(21(16(7)8)20(24)10-2)23-22-17(14(3)4)12-11-13-18(22)15(5)6/h11-16,21H,9-10H2,1-8H3. The maximum atomic E-state index is 12.5. The lowest BCUT2D eigenvalue weighted by molar-refractivity contribution is -0.121. The lowest BCUT2D eigenvalue weighted by atomic mass is 9.84. The third-order valence-electron chi connectivity index (χ3n) is 4.68. The zero-order chi connectivity index (χ0) is 18.4. The molecule has 2 heteroatoms. The first-order valence-corrected chi connectivity index (χ1v) is 9.47. The molecule has 0 amide bonds. The molecule has 0 spiro atoms. The number of para-hydroxylation sites is 1. The van der Waals surface area contributed by atoms with Crippen molar-refractivity contribution in [3.05, 3.63) is 29.3 Å². The van der Waals surface area contributed by atoms with Gasteiger partial charge in [-0.25, -0.2) is 0 Å². The highest BCUT2D eigenvalue weighted by atomic mass is 16.1. The highest BCUT2D eigenvalue weighted by Crippen LogP contribution is 2.36. The van der Waals surface area contributed by atoms with Crippen LogP contribution in [0, 0.1) is 11.8 Å². The second-order valence-corrected chi connectivity index (χ2v) is 7.59. The van der Waals surface area contributed by atoms with Crippen LogP contribution in [-0.2, 0) is 4.79 Å². The molecule has 0 N–H and O–H groups in total. The first-order valence-electron chi connectivity index (χ1n) is 9.47. The van der Waals surface area contributed by atoms with Crippen LogP contribution in [0.2, 0.25) is 0 Å². The molecule has 0 heterocycles. The van der Waals surface area contributed by atoms with Crippen molar-refractivity contribution < 1.29 is 4.79 Å². The van der Waals surface area contributed by atoms with Gasteiger partial charge in [-0.15, -0.1) is 0 Å². The van der Waals surface area contributed by atoms with Gasteiger partial charge in [0.15, 0.2) is 0 Å². The number of nitrogens with zero attached hydrogens (tertiary/aromatic N) is 1. The Hall–Kier alpha value is -1.44. The number of carbonyl (C=O) groups excluding carboxylic acids is 1. The molecular formula is C22H35NO. The summed E-state index contributed by atoms with van der Waals surface area (Å²) in [6.07, 6.45) is 1.39. The van der Waals surface area contributed by atoms with Crippen LogP contribution in [0.15, 0.2) is 23.2 Å². The molecule has 0 saturated carbocycles. The molecule has 0 fully saturated rings. The van der Waals surface area contributed by atoms with Crippen LogP contribution >= 0.6 is 0 Å². The number of rotatable bonds is 8. The zero-order valence-electron chi connectivity index (χ0n) is 16.8. The molecule has 0 bridgehead atoms. The summed E-state index contributed by atoms with van der Waals surface area (Å²) in [5, 5.41) is 0. The number of ketones is 1. The lowest BCUT2D eigenvalue weighted by Gasteiger charge is -2.23. The molecule has 0 aliphatic rings. The minimum atomic E-state index is -0.0692. The molecule has 0 aliphatic heterocycles.